The molecule has 1 fully saturated rings. The Balaban J connectivity index is 1.64. The Kier molecular flexibility index (Phi) is 5.57. The Morgan fingerprint density at radius 2 is 2.00 bits per heavy atom. The van der Waals surface area contributed by atoms with Crippen molar-refractivity contribution in [2.75, 3.05) is 13.1 Å². The van der Waals surface area contributed by atoms with Crippen molar-refractivity contribution in [1.29, 1.82) is 0 Å². The monoisotopic (exact) mass is 456 g/mol. The number of halogens is 2. The maximum atomic E-state index is 12.6. The van der Waals surface area contributed by atoms with Crippen LogP contribution in [-0.2, 0) is 6.54 Å². The number of hydrogen-bond donors (Lipinski definition) is 1. The van der Waals surface area contributed by atoms with Crippen molar-refractivity contribution in [1.82, 2.24) is 4.90 Å². The molecule has 0 bridgehead atoms. The second kappa shape index (κ2) is 7.47. The summed E-state index contributed by atoms with van der Waals surface area (Å²) in [6.07, 6.45) is 2.01. The molecular formula is C17H18Br2N2OS. The lowest BCUT2D eigenvalue weighted by molar-refractivity contribution is 0.0718. The number of thiophene rings is 1. The molecule has 2 N–H and O–H groups in total. The Labute approximate surface area is 157 Å². The minimum Gasteiger partial charge on any atom is -0.338 e. The Hall–Kier alpha value is -0.690. The van der Waals surface area contributed by atoms with Gasteiger partial charge in [-0.15, -0.1) is 11.3 Å². The van der Waals surface area contributed by atoms with Gasteiger partial charge in [-0.05, 0) is 67.8 Å². The molecule has 1 aliphatic rings. The topological polar surface area (TPSA) is 46.3 Å². The standard InChI is InChI=1S/C17H18Br2N2OS/c18-14-9-15(23-16(14)19)17(22)21-6-4-12(5-7-21)13-3-1-2-11(8-13)10-20/h1-3,8-9,12H,4-7,10,20H2. The molecule has 0 atom stereocenters. The molecule has 2 aromatic rings. The fourth-order valence-corrected chi connectivity index (χ4v) is 5.00. The maximum Gasteiger partial charge on any atom is 0.264 e. The van der Waals surface area contributed by atoms with E-state index in [4.69, 9.17) is 5.73 Å². The molecule has 0 spiro atoms. The van der Waals surface area contributed by atoms with Crippen molar-refractivity contribution in [3.63, 3.8) is 0 Å². The second-order valence-corrected chi connectivity index (χ2v) is 8.97. The van der Waals surface area contributed by atoms with E-state index < -0.39 is 0 Å². The van der Waals surface area contributed by atoms with Gasteiger partial charge in [0.05, 0.1) is 8.66 Å². The fraction of sp³-hybridized carbons (Fsp3) is 0.353. The van der Waals surface area contributed by atoms with Crippen molar-refractivity contribution < 1.29 is 4.79 Å². The van der Waals surface area contributed by atoms with E-state index in [0.29, 0.717) is 12.5 Å². The Morgan fingerprint density at radius 3 is 2.61 bits per heavy atom. The third kappa shape index (κ3) is 3.87. The first-order chi connectivity index (χ1) is 11.1. The van der Waals surface area contributed by atoms with Crippen LogP contribution < -0.4 is 5.73 Å². The van der Waals surface area contributed by atoms with Crippen LogP contribution in [0, 0.1) is 0 Å². The van der Waals surface area contributed by atoms with Gasteiger partial charge in [0.1, 0.15) is 0 Å². The summed E-state index contributed by atoms with van der Waals surface area (Å²) >= 11 is 8.38. The minimum absolute atomic E-state index is 0.135. The van der Waals surface area contributed by atoms with Crippen molar-refractivity contribution in [3.05, 3.63) is 54.6 Å². The summed E-state index contributed by atoms with van der Waals surface area (Å²) in [6, 6.07) is 10.4. The van der Waals surface area contributed by atoms with Gasteiger partial charge in [0.2, 0.25) is 0 Å². The minimum atomic E-state index is 0.135. The molecule has 23 heavy (non-hydrogen) atoms. The second-order valence-electron chi connectivity index (χ2n) is 5.75. The van der Waals surface area contributed by atoms with Gasteiger partial charge >= 0.3 is 0 Å². The zero-order valence-corrected chi connectivity index (χ0v) is 16.6. The molecule has 1 amide bonds. The highest BCUT2D eigenvalue weighted by molar-refractivity contribution is 9.13. The van der Waals surface area contributed by atoms with Crippen LogP contribution >= 0.6 is 43.2 Å². The summed E-state index contributed by atoms with van der Waals surface area (Å²) in [7, 11) is 0. The van der Waals surface area contributed by atoms with E-state index in [0.717, 1.165) is 39.1 Å². The van der Waals surface area contributed by atoms with Gasteiger partial charge in [-0.2, -0.15) is 0 Å². The van der Waals surface area contributed by atoms with Crippen molar-refractivity contribution in [2.24, 2.45) is 5.73 Å². The van der Waals surface area contributed by atoms with Crippen molar-refractivity contribution >= 4 is 49.1 Å². The quantitative estimate of drug-likeness (QED) is 0.722. The summed E-state index contributed by atoms with van der Waals surface area (Å²) in [4.78, 5) is 15.3. The predicted molar refractivity (Wildman–Crippen MR) is 102 cm³/mol. The first kappa shape index (κ1) is 17.1. The lowest BCUT2D eigenvalue weighted by Crippen LogP contribution is -2.37. The highest BCUT2D eigenvalue weighted by atomic mass is 79.9. The molecule has 1 aromatic carbocycles. The van der Waals surface area contributed by atoms with Gasteiger partial charge < -0.3 is 10.6 Å². The van der Waals surface area contributed by atoms with E-state index in [1.54, 1.807) is 0 Å². The van der Waals surface area contributed by atoms with Crippen LogP contribution in [-0.4, -0.2) is 23.9 Å². The van der Waals surface area contributed by atoms with E-state index in [1.807, 2.05) is 11.0 Å². The normalized spacial score (nSPS) is 15.9. The highest BCUT2D eigenvalue weighted by Gasteiger charge is 2.26. The maximum absolute atomic E-state index is 12.6. The van der Waals surface area contributed by atoms with E-state index in [9.17, 15) is 4.79 Å². The average molecular weight is 458 g/mol. The van der Waals surface area contributed by atoms with Crippen LogP contribution in [0.3, 0.4) is 0 Å². The van der Waals surface area contributed by atoms with Crippen LogP contribution in [0.1, 0.15) is 39.6 Å². The molecule has 1 aromatic heterocycles. The molecule has 6 heteroatoms. The van der Waals surface area contributed by atoms with Crippen LogP contribution in [0.5, 0.6) is 0 Å². The summed E-state index contributed by atoms with van der Waals surface area (Å²) < 4.78 is 1.91. The number of piperidine rings is 1. The molecule has 1 aliphatic heterocycles. The van der Waals surface area contributed by atoms with E-state index in [2.05, 4.69) is 56.1 Å². The molecule has 3 nitrogen and oxygen atoms in total. The van der Waals surface area contributed by atoms with Crippen LogP contribution in [0.2, 0.25) is 0 Å². The molecule has 0 aliphatic carbocycles. The fourth-order valence-electron chi connectivity index (χ4n) is 3.00. The first-order valence-electron chi connectivity index (χ1n) is 7.61. The van der Waals surface area contributed by atoms with Gasteiger partial charge in [0.15, 0.2) is 0 Å². The van der Waals surface area contributed by atoms with Crippen LogP contribution in [0.25, 0.3) is 0 Å². The number of nitrogens with zero attached hydrogens (tertiary/aromatic N) is 1. The predicted octanol–water partition coefficient (Wildman–Crippen LogP) is 4.75. The number of hydrogen-bond acceptors (Lipinski definition) is 3. The summed E-state index contributed by atoms with van der Waals surface area (Å²) in [5.41, 5.74) is 8.25. The number of carbonyl (C=O) groups excluding carboxylic acids is 1. The number of benzene rings is 1. The van der Waals surface area contributed by atoms with Gasteiger partial charge in [-0.1, -0.05) is 24.3 Å². The smallest absolute Gasteiger partial charge is 0.264 e. The molecule has 3 rings (SSSR count). The van der Waals surface area contributed by atoms with E-state index in [1.165, 1.54) is 22.5 Å². The Morgan fingerprint density at radius 1 is 1.26 bits per heavy atom. The third-order valence-corrected chi connectivity index (χ3v) is 7.54. The summed E-state index contributed by atoms with van der Waals surface area (Å²) in [5.74, 6) is 0.655. The molecule has 0 radical (unpaired) electrons. The van der Waals surface area contributed by atoms with E-state index in [-0.39, 0.29) is 5.91 Å². The van der Waals surface area contributed by atoms with Gasteiger partial charge in [-0.3, -0.25) is 4.79 Å². The molecule has 1 saturated heterocycles. The zero-order valence-electron chi connectivity index (χ0n) is 12.6. The lowest BCUT2D eigenvalue weighted by Gasteiger charge is -2.32. The lowest BCUT2D eigenvalue weighted by atomic mass is 9.88. The first-order valence-corrected chi connectivity index (χ1v) is 10.0. The van der Waals surface area contributed by atoms with Crippen LogP contribution in [0.4, 0.5) is 0 Å². The van der Waals surface area contributed by atoms with E-state index >= 15 is 0 Å². The number of likely N-dealkylation sites (tertiary alicyclic amines) is 1. The molecule has 122 valence electrons. The number of amides is 1. The molecular weight excluding hydrogens is 440 g/mol. The number of rotatable bonds is 3. The molecule has 2 heterocycles. The van der Waals surface area contributed by atoms with Gasteiger partial charge in [0.25, 0.3) is 5.91 Å². The molecule has 0 saturated carbocycles. The van der Waals surface area contributed by atoms with Gasteiger partial charge in [0, 0.05) is 24.1 Å². The summed E-state index contributed by atoms with van der Waals surface area (Å²) in [6.45, 7) is 2.19. The molecule has 0 unspecified atom stereocenters. The SMILES string of the molecule is NCc1cccc(C2CCN(C(=O)c3cc(Br)c(Br)s3)CC2)c1. The average Bonchev–Trinajstić information content (AvgIpc) is 2.93. The van der Waals surface area contributed by atoms with Crippen molar-refractivity contribution in [2.45, 2.75) is 25.3 Å². The van der Waals surface area contributed by atoms with Gasteiger partial charge in [-0.25, -0.2) is 0 Å². The number of nitrogens with two attached hydrogens (primary N) is 1. The largest absolute Gasteiger partial charge is 0.338 e. The van der Waals surface area contributed by atoms with Crippen molar-refractivity contribution in [3.8, 4) is 0 Å². The summed E-state index contributed by atoms with van der Waals surface area (Å²) in [5, 5.41) is 0. The number of carbonyl (C=O) groups is 1. The van der Waals surface area contributed by atoms with Crippen LogP contribution in [0.15, 0.2) is 38.6 Å². The Bertz CT molecular complexity index is 689. The zero-order chi connectivity index (χ0) is 16.4. The highest BCUT2D eigenvalue weighted by Crippen LogP contribution is 2.34. The third-order valence-electron chi connectivity index (χ3n) is 4.30.